The summed E-state index contributed by atoms with van der Waals surface area (Å²) in [5.41, 5.74) is 5.32. The molecule has 1 aliphatic rings. The highest BCUT2D eigenvalue weighted by molar-refractivity contribution is 5.88. The van der Waals surface area contributed by atoms with Gasteiger partial charge in [0.15, 0.2) is 11.5 Å². The Morgan fingerprint density at radius 2 is 2.40 bits per heavy atom. The van der Waals surface area contributed by atoms with E-state index in [9.17, 15) is 19.8 Å². The molecule has 1 aromatic rings. The quantitative estimate of drug-likeness (QED) is 0.465. The van der Waals surface area contributed by atoms with Crippen molar-refractivity contribution in [2.24, 2.45) is 10.5 Å². The van der Waals surface area contributed by atoms with Crippen molar-refractivity contribution in [1.82, 2.24) is 9.55 Å². The highest BCUT2D eigenvalue weighted by Gasteiger charge is 2.54. The lowest BCUT2D eigenvalue weighted by Gasteiger charge is -2.30. The smallest absolute Gasteiger partial charge is 0.349 e. The summed E-state index contributed by atoms with van der Waals surface area (Å²) < 4.78 is 14.1. The van der Waals surface area contributed by atoms with Crippen LogP contribution in [0.2, 0.25) is 0 Å². The Labute approximate surface area is 145 Å². The summed E-state index contributed by atoms with van der Waals surface area (Å²) in [4.78, 5) is 30.7. The summed E-state index contributed by atoms with van der Waals surface area (Å²) in [6.45, 7) is 4.35. The van der Waals surface area contributed by atoms with E-state index in [1.165, 1.54) is 26.2 Å². The van der Waals surface area contributed by atoms with E-state index in [1.54, 1.807) is 6.92 Å². The number of aryl methyl sites for hydroxylation is 1. The largest absolute Gasteiger partial charge is 0.382 e. The number of carbonyl (C=O) groups excluding carboxylic acids is 1. The van der Waals surface area contributed by atoms with Gasteiger partial charge in [0.2, 0.25) is 0 Å². The van der Waals surface area contributed by atoms with Crippen LogP contribution in [0.4, 0.5) is 0 Å². The number of ketones is 1. The number of aromatic nitrogens is 2. The first kappa shape index (κ1) is 17.6. The number of hydrogen-bond donors (Lipinski definition) is 2. The van der Waals surface area contributed by atoms with Crippen molar-refractivity contribution < 1.29 is 21.1 Å². The third-order valence-electron chi connectivity index (χ3n) is 3.93. The molecule has 0 bridgehead atoms. The molecular weight excluding hydrogens is 330 g/mol. The van der Waals surface area contributed by atoms with Gasteiger partial charge in [0.05, 0.1) is 0 Å². The normalized spacial score (nSPS) is 28.1. The molecule has 1 saturated heterocycles. The Morgan fingerprint density at radius 3 is 3.00 bits per heavy atom. The van der Waals surface area contributed by atoms with Gasteiger partial charge in [-0.3, -0.25) is 9.36 Å². The van der Waals surface area contributed by atoms with E-state index in [2.05, 4.69) is 15.0 Å². The first-order valence-corrected chi connectivity index (χ1v) is 7.56. The van der Waals surface area contributed by atoms with Crippen LogP contribution in [-0.4, -0.2) is 43.5 Å². The Bertz CT molecular complexity index is 806. The fraction of sp³-hybridized carbons (Fsp3) is 0.667. The van der Waals surface area contributed by atoms with Gasteiger partial charge in [-0.05, 0) is 18.0 Å². The number of aliphatic hydroxyl groups is 2. The maximum absolute atomic E-state index is 12.5. The summed E-state index contributed by atoms with van der Waals surface area (Å²) >= 11 is 0. The molecule has 1 fully saturated rings. The van der Waals surface area contributed by atoms with Crippen molar-refractivity contribution in [3.8, 4) is 0 Å². The van der Waals surface area contributed by atoms with Gasteiger partial charge in [-0.15, -0.1) is 0 Å². The zero-order valence-electron chi connectivity index (χ0n) is 15.2. The average Bonchev–Trinajstić information content (AvgIpc) is 2.93. The van der Waals surface area contributed by atoms with Gasteiger partial charge in [0, 0.05) is 30.5 Å². The number of hydrogen-bond acceptors (Lipinski definition) is 7. The van der Waals surface area contributed by atoms with Gasteiger partial charge in [-0.2, -0.15) is 0 Å². The lowest BCUT2D eigenvalue weighted by molar-refractivity contribution is -0.156. The Balaban J connectivity index is 2.42. The van der Waals surface area contributed by atoms with Gasteiger partial charge in [0.1, 0.15) is 18.4 Å². The summed E-state index contributed by atoms with van der Waals surface area (Å²) in [7, 11) is 0. The van der Waals surface area contributed by atoms with E-state index < -0.39 is 41.0 Å². The van der Waals surface area contributed by atoms with Gasteiger partial charge in [0.25, 0.3) is 0 Å². The van der Waals surface area contributed by atoms with Crippen molar-refractivity contribution in [2.45, 2.75) is 58.3 Å². The first-order valence-electron chi connectivity index (χ1n) is 8.27. The fourth-order valence-corrected chi connectivity index (χ4v) is 2.64. The molecule has 2 unspecified atom stereocenters. The minimum absolute atomic E-state index is 0.291. The second-order valence-electron chi connectivity index (χ2n) is 6.80. The van der Waals surface area contributed by atoms with Gasteiger partial charge >= 0.3 is 5.69 Å². The summed E-state index contributed by atoms with van der Waals surface area (Å²) in [6, 6.07) is 0. The molecule has 0 aliphatic carbocycles. The lowest BCUT2D eigenvalue weighted by atomic mass is 9.84. The zero-order valence-corrected chi connectivity index (χ0v) is 14.2. The first-order chi connectivity index (χ1) is 12.1. The van der Waals surface area contributed by atoms with E-state index in [1.807, 2.05) is 0 Å². The molecule has 0 saturated carbocycles. The molecule has 136 valence electrons. The van der Waals surface area contributed by atoms with Crippen molar-refractivity contribution in [1.29, 1.82) is 0 Å². The van der Waals surface area contributed by atoms with Gasteiger partial charge in [-0.1, -0.05) is 25.9 Å². The number of Topliss-reactive ketones (excluding diaryl/α,β-unsaturated/α-hetero) is 1. The molecule has 1 aromatic heterocycles. The van der Waals surface area contributed by atoms with Crippen molar-refractivity contribution in [3.63, 3.8) is 0 Å². The second kappa shape index (κ2) is 6.57. The molecule has 2 heterocycles. The van der Waals surface area contributed by atoms with Crippen LogP contribution in [-0.2, 0) is 9.53 Å². The molecule has 0 amide bonds. The number of rotatable bonds is 4. The Morgan fingerprint density at radius 1 is 1.72 bits per heavy atom. The van der Waals surface area contributed by atoms with Crippen LogP contribution in [0.1, 0.15) is 40.3 Å². The number of carbonyl (C=O) groups is 1. The maximum Gasteiger partial charge on any atom is 0.349 e. The standard InChI is InChI=1S/C15H21N5O5/c1-8-6-17-13(23)20(7-8)9-5-15(24,18-19-16)12(25-9)10(21)11(22)14(2,3)4/h6-7,9-10,12,21,24H,5H2,1-4H3/t9?,10?,12-,15+/m1/s1/i2D. The monoisotopic (exact) mass is 352 g/mol. The SMILES string of the molecule is [2H]CC(C)(C)C(=O)C(O)[C@H]1OC(n2cc(C)cnc2=O)C[C@@]1(O)N=[N+]=[N-]. The second-order valence-corrected chi connectivity index (χ2v) is 6.80. The minimum atomic E-state index is -2.24. The molecule has 4 atom stereocenters. The van der Waals surface area contributed by atoms with Crippen LogP contribution in [0.15, 0.2) is 22.3 Å². The van der Waals surface area contributed by atoms with Crippen molar-refractivity contribution in [2.75, 3.05) is 0 Å². The highest BCUT2D eigenvalue weighted by atomic mass is 16.6. The molecule has 10 nitrogen and oxygen atoms in total. The number of nitrogens with zero attached hydrogens (tertiary/aromatic N) is 5. The number of azide groups is 1. The average molecular weight is 352 g/mol. The maximum atomic E-state index is 12.5. The topological polar surface area (TPSA) is 150 Å². The summed E-state index contributed by atoms with van der Waals surface area (Å²) in [6.07, 6.45) is -2.06. The molecule has 1 aliphatic heterocycles. The van der Waals surface area contributed by atoms with E-state index in [-0.39, 0.29) is 13.3 Å². The van der Waals surface area contributed by atoms with Crippen LogP contribution in [0, 0.1) is 12.3 Å². The van der Waals surface area contributed by atoms with Crippen LogP contribution >= 0.6 is 0 Å². The fourth-order valence-electron chi connectivity index (χ4n) is 2.64. The lowest BCUT2D eigenvalue weighted by Crippen LogP contribution is -2.50. The molecule has 10 heteroatoms. The zero-order chi connectivity index (χ0) is 19.7. The molecule has 25 heavy (non-hydrogen) atoms. The van der Waals surface area contributed by atoms with Crippen LogP contribution in [0.3, 0.4) is 0 Å². The van der Waals surface area contributed by atoms with Crippen LogP contribution in [0.25, 0.3) is 10.4 Å². The molecule has 2 N–H and O–H groups in total. The van der Waals surface area contributed by atoms with E-state index in [0.717, 1.165) is 4.57 Å². The van der Waals surface area contributed by atoms with E-state index >= 15 is 0 Å². The summed E-state index contributed by atoms with van der Waals surface area (Å²) in [5.74, 6) is -0.737. The third kappa shape index (κ3) is 3.72. The molecule has 0 aromatic carbocycles. The Hall–Kier alpha value is -2.26. The molecule has 2 rings (SSSR count). The van der Waals surface area contributed by atoms with Crippen LogP contribution in [0.5, 0.6) is 0 Å². The number of ether oxygens (including phenoxy) is 1. The predicted molar refractivity (Wildman–Crippen MR) is 86.3 cm³/mol. The minimum Gasteiger partial charge on any atom is -0.382 e. The van der Waals surface area contributed by atoms with Gasteiger partial charge in [-0.25, -0.2) is 9.78 Å². The van der Waals surface area contributed by atoms with E-state index in [0.29, 0.717) is 5.56 Å². The van der Waals surface area contributed by atoms with Crippen LogP contribution < -0.4 is 5.69 Å². The van der Waals surface area contributed by atoms with Crippen molar-refractivity contribution in [3.05, 3.63) is 38.9 Å². The van der Waals surface area contributed by atoms with Gasteiger partial charge < -0.3 is 14.9 Å². The predicted octanol–water partition coefficient (Wildman–Crippen LogP) is 0.814. The van der Waals surface area contributed by atoms with Crippen molar-refractivity contribution >= 4 is 5.78 Å². The van der Waals surface area contributed by atoms with E-state index in [4.69, 9.17) is 11.6 Å². The highest BCUT2D eigenvalue weighted by Crippen LogP contribution is 2.40. The Kier molecular flexibility index (Phi) is 4.61. The third-order valence-corrected chi connectivity index (χ3v) is 3.93. The molecule has 0 spiro atoms. The molecule has 0 radical (unpaired) electrons. The number of aliphatic hydroxyl groups excluding tert-OH is 1. The summed E-state index contributed by atoms with van der Waals surface area (Å²) in [5, 5.41) is 24.4. The molecular formula is C15H21N5O5.